The summed E-state index contributed by atoms with van der Waals surface area (Å²) in [6.45, 7) is 12.2. The minimum atomic E-state index is -0.138. The molecule has 1 rings (SSSR count). The van der Waals surface area contributed by atoms with E-state index in [0.717, 1.165) is 19.5 Å². The molecule has 1 amide bonds. The van der Waals surface area contributed by atoms with Crippen LogP contribution < -0.4 is 10.6 Å². The highest BCUT2D eigenvalue weighted by Crippen LogP contribution is 2.10. The van der Waals surface area contributed by atoms with Crippen LogP contribution in [0.1, 0.15) is 47.0 Å². The molecular formula is C14H29N3O. The Morgan fingerprint density at radius 1 is 1.28 bits per heavy atom. The van der Waals surface area contributed by atoms with E-state index < -0.39 is 0 Å². The predicted molar refractivity (Wildman–Crippen MR) is 75.7 cm³/mol. The molecule has 1 fully saturated rings. The standard InChI is InChI=1S/C14H29N3O/c1-5-17-9-6-7-12(8-10-17)15-11-13(18)16-14(2,3)4/h12,15H,5-11H2,1-4H3,(H,16,18). The highest BCUT2D eigenvalue weighted by Gasteiger charge is 2.18. The van der Waals surface area contributed by atoms with Gasteiger partial charge in [0.25, 0.3) is 0 Å². The summed E-state index contributed by atoms with van der Waals surface area (Å²) in [6, 6.07) is 0.493. The van der Waals surface area contributed by atoms with Crippen LogP contribution in [0, 0.1) is 0 Å². The molecule has 4 nitrogen and oxygen atoms in total. The lowest BCUT2D eigenvalue weighted by atomic mass is 10.1. The van der Waals surface area contributed by atoms with Gasteiger partial charge in [-0.2, -0.15) is 0 Å². The largest absolute Gasteiger partial charge is 0.350 e. The molecule has 1 aliphatic heterocycles. The molecule has 2 N–H and O–H groups in total. The van der Waals surface area contributed by atoms with Gasteiger partial charge in [0.05, 0.1) is 6.54 Å². The first kappa shape index (κ1) is 15.4. The zero-order valence-corrected chi connectivity index (χ0v) is 12.4. The maximum atomic E-state index is 11.7. The second-order valence-corrected chi connectivity index (χ2v) is 6.24. The average Bonchev–Trinajstić information content (AvgIpc) is 2.49. The molecule has 0 aromatic rings. The highest BCUT2D eigenvalue weighted by atomic mass is 16.2. The maximum Gasteiger partial charge on any atom is 0.234 e. The van der Waals surface area contributed by atoms with Crippen molar-refractivity contribution in [3.05, 3.63) is 0 Å². The van der Waals surface area contributed by atoms with Gasteiger partial charge < -0.3 is 15.5 Å². The van der Waals surface area contributed by atoms with Crippen molar-refractivity contribution in [2.24, 2.45) is 0 Å². The van der Waals surface area contributed by atoms with Crippen molar-refractivity contribution >= 4 is 5.91 Å². The van der Waals surface area contributed by atoms with Gasteiger partial charge in [0.2, 0.25) is 5.91 Å². The SMILES string of the molecule is CCN1CCCC(NCC(=O)NC(C)(C)C)CC1. The number of carbonyl (C=O) groups excluding carboxylic acids is 1. The Morgan fingerprint density at radius 3 is 2.61 bits per heavy atom. The molecule has 0 saturated carbocycles. The second-order valence-electron chi connectivity index (χ2n) is 6.24. The predicted octanol–water partition coefficient (Wildman–Crippen LogP) is 1.37. The van der Waals surface area contributed by atoms with E-state index in [-0.39, 0.29) is 11.4 Å². The van der Waals surface area contributed by atoms with Gasteiger partial charge in [-0.25, -0.2) is 0 Å². The van der Waals surface area contributed by atoms with Gasteiger partial charge in [0.1, 0.15) is 0 Å². The van der Waals surface area contributed by atoms with Gasteiger partial charge in [-0.1, -0.05) is 6.92 Å². The van der Waals surface area contributed by atoms with E-state index in [1.165, 1.54) is 19.4 Å². The van der Waals surface area contributed by atoms with E-state index >= 15 is 0 Å². The number of amides is 1. The van der Waals surface area contributed by atoms with E-state index in [2.05, 4.69) is 22.5 Å². The molecule has 0 spiro atoms. The van der Waals surface area contributed by atoms with Crippen molar-refractivity contribution in [1.29, 1.82) is 0 Å². The van der Waals surface area contributed by atoms with Crippen molar-refractivity contribution in [3.8, 4) is 0 Å². The van der Waals surface area contributed by atoms with Gasteiger partial charge >= 0.3 is 0 Å². The summed E-state index contributed by atoms with van der Waals surface area (Å²) >= 11 is 0. The van der Waals surface area contributed by atoms with Crippen LogP contribution in [0.3, 0.4) is 0 Å². The van der Waals surface area contributed by atoms with Crippen molar-refractivity contribution in [2.75, 3.05) is 26.2 Å². The third kappa shape index (κ3) is 6.36. The van der Waals surface area contributed by atoms with Gasteiger partial charge in [0, 0.05) is 11.6 Å². The van der Waals surface area contributed by atoms with Crippen LogP contribution in [-0.4, -0.2) is 48.6 Å². The molecule has 106 valence electrons. The molecule has 0 aliphatic carbocycles. The number of carbonyl (C=O) groups is 1. The lowest BCUT2D eigenvalue weighted by Gasteiger charge is -2.22. The number of nitrogens with one attached hydrogen (secondary N) is 2. The summed E-state index contributed by atoms with van der Waals surface area (Å²) in [5.74, 6) is 0.0964. The van der Waals surface area contributed by atoms with Crippen LogP contribution in [0.25, 0.3) is 0 Å². The van der Waals surface area contributed by atoms with E-state index in [0.29, 0.717) is 12.6 Å². The quantitative estimate of drug-likeness (QED) is 0.797. The van der Waals surface area contributed by atoms with Crippen molar-refractivity contribution in [1.82, 2.24) is 15.5 Å². The van der Waals surface area contributed by atoms with Crippen molar-refractivity contribution < 1.29 is 4.79 Å². The van der Waals surface area contributed by atoms with Gasteiger partial charge in [-0.05, 0) is 59.7 Å². The summed E-state index contributed by atoms with van der Waals surface area (Å²) in [7, 11) is 0. The van der Waals surface area contributed by atoms with Crippen molar-refractivity contribution in [3.63, 3.8) is 0 Å². The Morgan fingerprint density at radius 2 is 2.00 bits per heavy atom. The van der Waals surface area contributed by atoms with E-state index in [1.54, 1.807) is 0 Å². The minimum Gasteiger partial charge on any atom is -0.350 e. The lowest BCUT2D eigenvalue weighted by Crippen LogP contribution is -2.46. The van der Waals surface area contributed by atoms with Crippen molar-refractivity contribution in [2.45, 2.75) is 58.5 Å². The summed E-state index contributed by atoms with van der Waals surface area (Å²) in [5.41, 5.74) is -0.138. The molecular weight excluding hydrogens is 226 g/mol. The Labute approximate surface area is 111 Å². The van der Waals surface area contributed by atoms with Crippen LogP contribution in [-0.2, 0) is 4.79 Å². The summed E-state index contributed by atoms with van der Waals surface area (Å²) in [4.78, 5) is 14.2. The first-order valence-electron chi connectivity index (χ1n) is 7.17. The smallest absolute Gasteiger partial charge is 0.234 e. The molecule has 0 radical (unpaired) electrons. The second kappa shape index (κ2) is 7.10. The molecule has 0 bridgehead atoms. The molecule has 1 atom stereocenters. The normalized spacial score (nSPS) is 22.6. The number of hydrogen-bond donors (Lipinski definition) is 2. The van der Waals surface area contributed by atoms with Crippen LogP contribution in [0.5, 0.6) is 0 Å². The summed E-state index contributed by atoms with van der Waals surface area (Å²) < 4.78 is 0. The molecule has 0 aromatic heterocycles. The molecule has 1 unspecified atom stereocenters. The Kier molecular flexibility index (Phi) is 6.09. The van der Waals surface area contributed by atoms with E-state index in [1.807, 2.05) is 20.8 Å². The van der Waals surface area contributed by atoms with Gasteiger partial charge in [-0.15, -0.1) is 0 Å². The van der Waals surface area contributed by atoms with E-state index in [9.17, 15) is 4.79 Å². The van der Waals surface area contributed by atoms with Crippen LogP contribution in [0.2, 0.25) is 0 Å². The number of hydrogen-bond acceptors (Lipinski definition) is 3. The molecule has 4 heteroatoms. The topological polar surface area (TPSA) is 44.4 Å². The average molecular weight is 255 g/mol. The molecule has 18 heavy (non-hydrogen) atoms. The lowest BCUT2D eigenvalue weighted by molar-refractivity contribution is -0.121. The van der Waals surface area contributed by atoms with Crippen LogP contribution >= 0.6 is 0 Å². The summed E-state index contributed by atoms with van der Waals surface area (Å²) in [6.07, 6.45) is 3.56. The fraction of sp³-hybridized carbons (Fsp3) is 0.929. The third-order valence-corrected chi connectivity index (χ3v) is 3.33. The Bertz CT molecular complexity index is 260. The first-order valence-corrected chi connectivity index (χ1v) is 7.17. The Balaban J connectivity index is 2.25. The third-order valence-electron chi connectivity index (χ3n) is 3.33. The number of nitrogens with zero attached hydrogens (tertiary/aromatic N) is 1. The molecule has 1 aliphatic rings. The fourth-order valence-electron chi connectivity index (χ4n) is 2.38. The summed E-state index contributed by atoms with van der Waals surface area (Å²) in [5, 5.41) is 6.37. The minimum absolute atomic E-state index is 0.0964. The monoisotopic (exact) mass is 255 g/mol. The first-order chi connectivity index (χ1) is 8.40. The maximum absolute atomic E-state index is 11.7. The molecule has 1 saturated heterocycles. The van der Waals surface area contributed by atoms with Gasteiger partial charge in [0.15, 0.2) is 0 Å². The zero-order chi connectivity index (χ0) is 13.6. The zero-order valence-electron chi connectivity index (χ0n) is 12.4. The molecule has 0 aromatic carbocycles. The van der Waals surface area contributed by atoms with Crippen LogP contribution in [0.15, 0.2) is 0 Å². The van der Waals surface area contributed by atoms with Crippen LogP contribution in [0.4, 0.5) is 0 Å². The fourth-order valence-corrected chi connectivity index (χ4v) is 2.38. The number of rotatable bonds is 4. The Hall–Kier alpha value is -0.610. The number of likely N-dealkylation sites (tertiary alicyclic amines) is 1. The van der Waals surface area contributed by atoms with Gasteiger partial charge in [-0.3, -0.25) is 4.79 Å². The highest BCUT2D eigenvalue weighted by molar-refractivity contribution is 5.78. The van der Waals surface area contributed by atoms with E-state index in [4.69, 9.17) is 0 Å². The molecule has 1 heterocycles.